The number of hydrogen-bond acceptors (Lipinski definition) is 7. The fourth-order valence-electron chi connectivity index (χ4n) is 1.45. The van der Waals surface area contributed by atoms with Crippen LogP contribution in [0.1, 0.15) is 37.2 Å². The first-order chi connectivity index (χ1) is 8.69. The fourth-order valence-corrected chi connectivity index (χ4v) is 3.31. The van der Waals surface area contributed by atoms with Crippen LogP contribution in [-0.2, 0) is 12.2 Å². The standard InChI is InChI=1S/C11H16N4OS2/c1-3-4-5-8-14-9(16-15-8)6-17-10-7(2)13-11(12)18-10/h3-6H2,1-2H3,(H2,12,13). The van der Waals surface area contributed by atoms with E-state index in [1.807, 2.05) is 6.92 Å². The monoisotopic (exact) mass is 284 g/mol. The SMILES string of the molecule is CCCCc1noc(CSc2sc(N)nc2C)n1. The second kappa shape index (κ2) is 6.19. The van der Waals surface area contributed by atoms with Crippen molar-refractivity contribution in [2.45, 2.75) is 43.1 Å². The van der Waals surface area contributed by atoms with Gasteiger partial charge in [0.05, 0.1) is 15.7 Å². The Balaban J connectivity index is 1.90. The van der Waals surface area contributed by atoms with E-state index in [1.54, 1.807) is 11.8 Å². The van der Waals surface area contributed by atoms with Gasteiger partial charge in [0.15, 0.2) is 11.0 Å². The number of hydrogen-bond donors (Lipinski definition) is 1. The third kappa shape index (κ3) is 3.46. The van der Waals surface area contributed by atoms with Crippen molar-refractivity contribution in [1.29, 1.82) is 0 Å². The smallest absolute Gasteiger partial charge is 0.237 e. The Kier molecular flexibility index (Phi) is 4.60. The minimum absolute atomic E-state index is 0.601. The van der Waals surface area contributed by atoms with Crippen LogP contribution in [0.3, 0.4) is 0 Å². The first-order valence-corrected chi connectivity index (χ1v) is 7.66. The van der Waals surface area contributed by atoms with Crippen LogP contribution in [0.4, 0.5) is 5.13 Å². The van der Waals surface area contributed by atoms with Gasteiger partial charge in [-0.3, -0.25) is 0 Å². The van der Waals surface area contributed by atoms with E-state index in [1.165, 1.54) is 11.3 Å². The molecule has 0 aliphatic rings. The summed E-state index contributed by atoms with van der Waals surface area (Å²) in [4.78, 5) is 8.53. The molecule has 0 aliphatic heterocycles. The molecule has 2 N–H and O–H groups in total. The van der Waals surface area contributed by atoms with Gasteiger partial charge in [0, 0.05) is 6.42 Å². The molecule has 18 heavy (non-hydrogen) atoms. The Bertz CT molecular complexity index is 509. The van der Waals surface area contributed by atoms with Crippen molar-refractivity contribution in [1.82, 2.24) is 15.1 Å². The number of unbranched alkanes of at least 4 members (excludes halogenated alkanes) is 1. The van der Waals surface area contributed by atoms with Crippen molar-refractivity contribution in [3.8, 4) is 0 Å². The number of aryl methyl sites for hydroxylation is 2. The molecule has 0 unspecified atom stereocenters. The van der Waals surface area contributed by atoms with Crippen LogP contribution in [0.5, 0.6) is 0 Å². The van der Waals surface area contributed by atoms with Crippen molar-refractivity contribution >= 4 is 28.2 Å². The van der Waals surface area contributed by atoms with Crippen LogP contribution in [0.25, 0.3) is 0 Å². The van der Waals surface area contributed by atoms with E-state index in [0.29, 0.717) is 16.8 Å². The molecule has 0 saturated carbocycles. The van der Waals surface area contributed by atoms with Crippen molar-refractivity contribution in [3.05, 3.63) is 17.4 Å². The van der Waals surface area contributed by atoms with Crippen molar-refractivity contribution in [2.24, 2.45) is 0 Å². The van der Waals surface area contributed by atoms with Gasteiger partial charge in [-0.05, 0) is 13.3 Å². The van der Waals surface area contributed by atoms with E-state index >= 15 is 0 Å². The number of thioether (sulfide) groups is 1. The van der Waals surface area contributed by atoms with Crippen molar-refractivity contribution < 1.29 is 4.52 Å². The molecular formula is C11H16N4OS2. The second-order valence-corrected chi connectivity index (χ2v) is 6.20. The molecule has 0 radical (unpaired) electrons. The molecule has 0 fully saturated rings. The van der Waals surface area contributed by atoms with Gasteiger partial charge >= 0.3 is 0 Å². The summed E-state index contributed by atoms with van der Waals surface area (Å²) in [5.74, 6) is 2.13. The van der Waals surface area contributed by atoms with Crippen LogP contribution in [0.15, 0.2) is 8.73 Å². The number of aromatic nitrogens is 3. The van der Waals surface area contributed by atoms with Gasteiger partial charge < -0.3 is 10.3 Å². The van der Waals surface area contributed by atoms with Crippen LogP contribution < -0.4 is 5.73 Å². The third-order valence-electron chi connectivity index (χ3n) is 2.36. The van der Waals surface area contributed by atoms with Crippen molar-refractivity contribution in [3.63, 3.8) is 0 Å². The first-order valence-electron chi connectivity index (χ1n) is 5.86. The molecule has 7 heteroatoms. The van der Waals surface area contributed by atoms with E-state index in [9.17, 15) is 0 Å². The summed E-state index contributed by atoms with van der Waals surface area (Å²) in [5, 5.41) is 4.56. The Labute approximate surface area is 114 Å². The lowest BCUT2D eigenvalue weighted by Crippen LogP contribution is -1.88. The van der Waals surface area contributed by atoms with Crippen molar-refractivity contribution in [2.75, 3.05) is 5.73 Å². The molecule has 2 rings (SSSR count). The van der Waals surface area contributed by atoms with Gasteiger partial charge in [0.25, 0.3) is 0 Å². The lowest BCUT2D eigenvalue weighted by molar-refractivity contribution is 0.384. The quantitative estimate of drug-likeness (QED) is 0.821. The molecule has 5 nitrogen and oxygen atoms in total. The zero-order valence-electron chi connectivity index (χ0n) is 10.5. The molecule has 2 aromatic heterocycles. The maximum Gasteiger partial charge on any atom is 0.237 e. The molecule has 0 atom stereocenters. The average molecular weight is 284 g/mol. The number of nitrogens with zero attached hydrogens (tertiary/aromatic N) is 3. The van der Waals surface area contributed by atoms with E-state index < -0.39 is 0 Å². The molecule has 0 amide bonds. The molecular weight excluding hydrogens is 268 g/mol. The van der Waals surface area contributed by atoms with Gasteiger partial charge in [-0.15, -0.1) is 11.8 Å². The highest BCUT2D eigenvalue weighted by Gasteiger charge is 2.10. The zero-order valence-corrected chi connectivity index (χ0v) is 12.1. The second-order valence-electron chi connectivity index (χ2n) is 3.92. The molecule has 0 aromatic carbocycles. The van der Waals surface area contributed by atoms with E-state index in [-0.39, 0.29) is 0 Å². The minimum atomic E-state index is 0.601. The largest absolute Gasteiger partial charge is 0.375 e. The van der Waals surface area contributed by atoms with E-state index in [2.05, 4.69) is 22.0 Å². The molecule has 2 heterocycles. The summed E-state index contributed by atoms with van der Waals surface area (Å²) < 4.78 is 6.31. The highest BCUT2D eigenvalue weighted by atomic mass is 32.2. The number of nitrogens with two attached hydrogens (primary N) is 1. The summed E-state index contributed by atoms with van der Waals surface area (Å²) in [6.07, 6.45) is 3.12. The van der Waals surface area contributed by atoms with Gasteiger partial charge in [-0.25, -0.2) is 4.98 Å². The highest BCUT2D eigenvalue weighted by molar-refractivity contribution is 8.00. The van der Waals surface area contributed by atoms with Crippen LogP contribution in [0, 0.1) is 6.92 Å². The van der Waals surface area contributed by atoms with Gasteiger partial charge in [0.1, 0.15) is 0 Å². The van der Waals surface area contributed by atoms with E-state index in [4.69, 9.17) is 10.3 Å². The molecule has 0 saturated heterocycles. The summed E-state index contributed by atoms with van der Waals surface area (Å²) in [5.41, 5.74) is 6.62. The zero-order chi connectivity index (χ0) is 13.0. The normalized spacial score (nSPS) is 11.0. The lowest BCUT2D eigenvalue weighted by atomic mass is 10.2. The van der Waals surface area contributed by atoms with E-state index in [0.717, 1.165) is 35.0 Å². The number of thiazole rings is 1. The summed E-state index contributed by atoms with van der Waals surface area (Å²) >= 11 is 3.13. The maximum absolute atomic E-state index is 5.65. The van der Waals surface area contributed by atoms with Crippen LogP contribution >= 0.6 is 23.1 Å². The number of rotatable bonds is 6. The molecule has 0 spiro atoms. The first kappa shape index (κ1) is 13.4. The Morgan fingerprint density at radius 1 is 1.39 bits per heavy atom. The molecule has 0 aliphatic carbocycles. The molecule has 98 valence electrons. The molecule has 0 bridgehead atoms. The fraction of sp³-hybridized carbons (Fsp3) is 0.545. The van der Waals surface area contributed by atoms with Gasteiger partial charge in [-0.2, -0.15) is 4.98 Å². The number of nitrogen functional groups attached to an aromatic ring is 1. The van der Waals surface area contributed by atoms with Crippen LogP contribution in [0.2, 0.25) is 0 Å². The number of anilines is 1. The minimum Gasteiger partial charge on any atom is -0.375 e. The topological polar surface area (TPSA) is 77.8 Å². The predicted octanol–water partition coefficient (Wildman–Crippen LogP) is 3.05. The summed E-state index contributed by atoms with van der Waals surface area (Å²) in [6.45, 7) is 4.10. The lowest BCUT2D eigenvalue weighted by Gasteiger charge is -1.93. The highest BCUT2D eigenvalue weighted by Crippen LogP contribution is 2.32. The van der Waals surface area contributed by atoms with Crippen LogP contribution in [-0.4, -0.2) is 15.1 Å². The third-order valence-corrected chi connectivity index (χ3v) is 4.70. The summed E-state index contributed by atoms with van der Waals surface area (Å²) in [6, 6.07) is 0. The Hall–Kier alpha value is -1.08. The Morgan fingerprint density at radius 3 is 2.89 bits per heavy atom. The molecule has 2 aromatic rings. The summed E-state index contributed by atoms with van der Waals surface area (Å²) in [7, 11) is 0. The van der Waals surface area contributed by atoms with Gasteiger partial charge in [0.2, 0.25) is 5.89 Å². The predicted molar refractivity (Wildman–Crippen MR) is 73.7 cm³/mol. The average Bonchev–Trinajstić information content (AvgIpc) is 2.91. The Morgan fingerprint density at radius 2 is 2.22 bits per heavy atom. The van der Waals surface area contributed by atoms with Gasteiger partial charge in [-0.1, -0.05) is 29.8 Å². The maximum atomic E-state index is 5.65.